The van der Waals surface area contributed by atoms with Gasteiger partial charge < -0.3 is 20.4 Å². The molecule has 3 N–H and O–H groups in total. The molecule has 0 unspecified atom stereocenters. The van der Waals surface area contributed by atoms with Crippen molar-refractivity contribution in [2.45, 2.75) is 13.1 Å². The van der Waals surface area contributed by atoms with Crippen molar-refractivity contribution in [2.24, 2.45) is 0 Å². The summed E-state index contributed by atoms with van der Waals surface area (Å²) in [4.78, 5) is 24.0. The molecule has 0 saturated carbocycles. The normalized spacial score (nSPS) is 10.2. The molecule has 0 fully saturated rings. The zero-order valence-corrected chi connectivity index (χ0v) is 14.8. The molecule has 1 heterocycles. The van der Waals surface area contributed by atoms with Crippen molar-refractivity contribution in [2.75, 3.05) is 11.9 Å². The topological polar surface area (TPSA) is 83.4 Å². The van der Waals surface area contributed by atoms with Gasteiger partial charge in [-0.25, -0.2) is 0 Å². The van der Waals surface area contributed by atoms with E-state index in [9.17, 15) is 9.59 Å². The number of benzene rings is 2. The van der Waals surface area contributed by atoms with E-state index >= 15 is 0 Å². The van der Waals surface area contributed by atoms with Crippen LogP contribution in [0.15, 0.2) is 77.4 Å². The van der Waals surface area contributed by atoms with E-state index in [1.165, 1.54) is 0 Å². The van der Waals surface area contributed by atoms with Crippen LogP contribution in [0.25, 0.3) is 0 Å². The number of carbonyl (C=O) groups excluding carboxylic acids is 2. The quantitative estimate of drug-likeness (QED) is 0.575. The summed E-state index contributed by atoms with van der Waals surface area (Å²) in [5.41, 5.74) is 2.36. The number of anilines is 1. The highest BCUT2D eigenvalue weighted by molar-refractivity contribution is 5.94. The van der Waals surface area contributed by atoms with E-state index in [-0.39, 0.29) is 18.4 Å². The first-order valence-electron chi connectivity index (χ1n) is 8.66. The van der Waals surface area contributed by atoms with Crippen LogP contribution < -0.4 is 16.0 Å². The number of hydrogen-bond donors (Lipinski definition) is 3. The lowest BCUT2D eigenvalue weighted by Crippen LogP contribution is -2.29. The molecule has 0 aliphatic heterocycles. The van der Waals surface area contributed by atoms with Crippen molar-refractivity contribution in [1.82, 2.24) is 10.6 Å². The summed E-state index contributed by atoms with van der Waals surface area (Å²) in [6, 6.07) is 20.3. The van der Waals surface area contributed by atoms with Crippen LogP contribution >= 0.6 is 0 Å². The van der Waals surface area contributed by atoms with Crippen molar-refractivity contribution in [3.05, 3.63) is 89.9 Å². The van der Waals surface area contributed by atoms with Crippen LogP contribution in [-0.4, -0.2) is 18.4 Å². The highest BCUT2D eigenvalue weighted by Gasteiger charge is 2.07. The number of hydrogen-bond acceptors (Lipinski definition) is 4. The number of amides is 2. The summed E-state index contributed by atoms with van der Waals surface area (Å²) < 4.78 is 5.18. The lowest BCUT2D eigenvalue weighted by atomic mass is 10.2. The average Bonchev–Trinajstić information content (AvgIpc) is 3.24. The Morgan fingerprint density at radius 1 is 0.815 bits per heavy atom. The molecule has 6 heteroatoms. The minimum absolute atomic E-state index is 0.0980. The molecule has 0 radical (unpaired) electrons. The molecule has 138 valence electrons. The van der Waals surface area contributed by atoms with Crippen LogP contribution in [-0.2, 0) is 17.9 Å². The van der Waals surface area contributed by atoms with Gasteiger partial charge in [-0.15, -0.1) is 0 Å². The Morgan fingerprint density at radius 3 is 2.30 bits per heavy atom. The van der Waals surface area contributed by atoms with Crippen LogP contribution in [0.2, 0.25) is 0 Å². The lowest BCUT2D eigenvalue weighted by molar-refractivity contribution is -0.119. The molecule has 1 aromatic heterocycles. The monoisotopic (exact) mass is 363 g/mol. The van der Waals surface area contributed by atoms with Crippen molar-refractivity contribution < 1.29 is 14.0 Å². The molecule has 3 rings (SSSR count). The molecular formula is C21H21N3O3. The standard InChI is InChI=1S/C21H21N3O3/c25-20(23-13-16-5-2-1-3-6-16)15-22-18-10-8-17(9-11-18)21(26)24-14-19-7-4-12-27-19/h1-12,22H,13-15H2,(H,23,25)(H,24,26). The second-order valence-corrected chi connectivity index (χ2v) is 5.96. The fourth-order valence-corrected chi connectivity index (χ4v) is 2.46. The molecule has 3 aromatic rings. The van der Waals surface area contributed by atoms with E-state index in [0.29, 0.717) is 24.4 Å². The highest BCUT2D eigenvalue weighted by Crippen LogP contribution is 2.10. The Morgan fingerprint density at radius 2 is 1.59 bits per heavy atom. The first-order valence-corrected chi connectivity index (χ1v) is 8.66. The number of rotatable bonds is 8. The summed E-state index contributed by atoms with van der Waals surface area (Å²) >= 11 is 0. The largest absolute Gasteiger partial charge is 0.467 e. The minimum Gasteiger partial charge on any atom is -0.467 e. The third-order valence-electron chi connectivity index (χ3n) is 3.94. The second kappa shape index (κ2) is 9.24. The molecule has 27 heavy (non-hydrogen) atoms. The summed E-state index contributed by atoms with van der Waals surface area (Å²) in [5.74, 6) is 0.417. The summed E-state index contributed by atoms with van der Waals surface area (Å²) in [6.45, 7) is 1.00. The molecule has 0 aliphatic carbocycles. The molecule has 6 nitrogen and oxygen atoms in total. The number of furan rings is 1. The van der Waals surface area contributed by atoms with E-state index in [1.54, 1.807) is 42.7 Å². The Labute approximate surface area is 157 Å². The molecule has 0 aliphatic rings. The van der Waals surface area contributed by atoms with Gasteiger partial charge in [0.1, 0.15) is 5.76 Å². The zero-order valence-electron chi connectivity index (χ0n) is 14.8. The first-order chi connectivity index (χ1) is 13.2. The predicted octanol–water partition coefficient (Wildman–Crippen LogP) is 2.94. The van der Waals surface area contributed by atoms with Gasteiger partial charge in [0, 0.05) is 17.8 Å². The van der Waals surface area contributed by atoms with E-state index in [0.717, 1.165) is 11.3 Å². The maximum absolute atomic E-state index is 12.1. The van der Waals surface area contributed by atoms with Gasteiger partial charge in [0.2, 0.25) is 5.91 Å². The van der Waals surface area contributed by atoms with Gasteiger partial charge in [-0.1, -0.05) is 30.3 Å². The Bertz CT molecular complexity index is 859. The third kappa shape index (κ3) is 5.74. The predicted molar refractivity (Wildman–Crippen MR) is 103 cm³/mol. The SMILES string of the molecule is O=C(CNc1ccc(C(=O)NCc2ccco2)cc1)NCc1ccccc1. The van der Waals surface area contributed by atoms with Gasteiger partial charge >= 0.3 is 0 Å². The maximum Gasteiger partial charge on any atom is 0.251 e. The average molecular weight is 363 g/mol. The highest BCUT2D eigenvalue weighted by atomic mass is 16.3. The van der Waals surface area contributed by atoms with Crippen LogP contribution in [0.3, 0.4) is 0 Å². The summed E-state index contributed by atoms with van der Waals surface area (Å²) in [5, 5.41) is 8.68. The van der Waals surface area contributed by atoms with Crippen molar-refractivity contribution in [1.29, 1.82) is 0 Å². The molecule has 0 atom stereocenters. The fraction of sp³-hybridized carbons (Fsp3) is 0.143. The fourth-order valence-electron chi connectivity index (χ4n) is 2.46. The van der Waals surface area contributed by atoms with Crippen LogP contribution in [0, 0.1) is 0 Å². The summed E-state index contributed by atoms with van der Waals surface area (Å²) in [6.07, 6.45) is 1.57. The lowest BCUT2D eigenvalue weighted by Gasteiger charge is -2.09. The van der Waals surface area contributed by atoms with Crippen LogP contribution in [0.4, 0.5) is 5.69 Å². The molecule has 0 saturated heterocycles. The van der Waals surface area contributed by atoms with Gasteiger partial charge in [-0.3, -0.25) is 9.59 Å². The zero-order chi connectivity index (χ0) is 18.9. The van der Waals surface area contributed by atoms with Crippen LogP contribution in [0.5, 0.6) is 0 Å². The van der Waals surface area contributed by atoms with Crippen molar-refractivity contribution in [3.63, 3.8) is 0 Å². The number of carbonyl (C=O) groups is 2. The van der Waals surface area contributed by atoms with E-state index in [1.807, 2.05) is 30.3 Å². The first kappa shape index (κ1) is 18.3. The van der Waals surface area contributed by atoms with Gasteiger partial charge in [-0.2, -0.15) is 0 Å². The molecule has 0 bridgehead atoms. The molecule has 2 aromatic carbocycles. The Hall–Kier alpha value is -3.54. The third-order valence-corrected chi connectivity index (χ3v) is 3.94. The van der Waals surface area contributed by atoms with E-state index in [4.69, 9.17) is 4.42 Å². The smallest absolute Gasteiger partial charge is 0.251 e. The van der Waals surface area contributed by atoms with Crippen LogP contribution in [0.1, 0.15) is 21.7 Å². The summed E-state index contributed by atoms with van der Waals surface area (Å²) in [7, 11) is 0. The molecule has 2 amide bonds. The molecule has 0 spiro atoms. The van der Waals surface area contributed by atoms with Gasteiger partial charge in [0.25, 0.3) is 5.91 Å². The second-order valence-electron chi connectivity index (χ2n) is 5.96. The van der Waals surface area contributed by atoms with E-state index in [2.05, 4.69) is 16.0 Å². The van der Waals surface area contributed by atoms with E-state index < -0.39 is 0 Å². The van der Waals surface area contributed by atoms with Crippen molar-refractivity contribution >= 4 is 17.5 Å². The Kier molecular flexibility index (Phi) is 6.25. The minimum atomic E-state index is -0.182. The molecular weight excluding hydrogens is 342 g/mol. The van der Waals surface area contributed by atoms with Gasteiger partial charge in [0.15, 0.2) is 0 Å². The Balaban J connectivity index is 1.41. The van der Waals surface area contributed by atoms with Crippen molar-refractivity contribution in [3.8, 4) is 0 Å². The van der Waals surface area contributed by atoms with Gasteiger partial charge in [-0.05, 0) is 42.0 Å². The maximum atomic E-state index is 12.1. The number of nitrogens with one attached hydrogen (secondary N) is 3. The van der Waals surface area contributed by atoms with Gasteiger partial charge in [0.05, 0.1) is 19.4 Å².